The summed E-state index contributed by atoms with van der Waals surface area (Å²) in [4.78, 5) is 19.5. The second kappa shape index (κ2) is 10.6. The van der Waals surface area contributed by atoms with E-state index in [-0.39, 0.29) is 6.10 Å². The minimum atomic E-state index is -0.816. The molecule has 2 aliphatic rings. The van der Waals surface area contributed by atoms with E-state index in [2.05, 4.69) is 9.97 Å². The van der Waals surface area contributed by atoms with Crippen molar-refractivity contribution >= 4 is 5.97 Å². The van der Waals surface area contributed by atoms with Crippen LogP contribution in [0.4, 0.5) is 4.39 Å². The predicted octanol–water partition coefficient (Wildman–Crippen LogP) is 5.79. The first-order valence-corrected chi connectivity index (χ1v) is 11.6. The molecule has 2 unspecified atom stereocenters. The van der Waals surface area contributed by atoms with E-state index >= 15 is 0 Å². The number of methoxy groups -OCH3 is 1. The van der Waals surface area contributed by atoms with E-state index in [0.29, 0.717) is 23.4 Å². The molecule has 1 aliphatic carbocycles. The maximum Gasteiger partial charge on any atom is 0.306 e. The van der Waals surface area contributed by atoms with Crippen molar-refractivity contribution in [1.29, 1.82) is 0 Å². The van der Waals surface area contributed by atoms with Crippen molar-refractivity contribution in [2.24, 2.45) is 5.92 Å². The van der Waals surface area contributed by atoms with Gasteiger partial charge in [-0.3, -0.25) is 9.78 Å². The van der Waals surface area contributed by atoms with Gasteiger partial charge in [0.15, 0.2) is 0 Å². The average Bonchev–Trinajstić information content (AvgIpc) is 3.74. The van der Waals surface area contributed by atoms with Crippen LogP contribution < -0.4 is 9.47 Å². The minimum Gasteiger partial charge on any atom is -0.484 e. The molecule has 1 saturated carbocycles. The van der Waals surface area contributed by atoms with Crippen molar-refractivity contribution in [3.05, 3.63) is 71.4 Å². The highest BCUT2D eigenvalue weighted by Gasteiger charge is 2.23. The number of fused-ring (bicyclic) bond motifs is 1. The van der Waals surface area contributed by atoms with Crippen LogP contribution >= 0.6 is 0 Å². The summed E-state index contributed by atoms with van der Waals surface area (Å²) >= 11 is 0. The van der Waals surface area contributed by atoms with Crippen LogP contribution in [0.2, 0.25) is 0 Å². The van der Waals surface area contributed by atoms with E-state index in [1.165, 1.54) is 26.4 Å². The maximum absolute atomic E-state index is 14.2. The second-order valence-electron chi connectivity index (χ2n) is 8.77. The number of pyridine rings is 2. The molecule has 0 radical (unpaired) electrons. The molecule has 1 aliphatic heterocycles. The number of aromatic nitrogens is 2. The number of benzene rings is 1. The van der Waals surface area contributed by atoms with Crippen molar-refractivity contribution < 1.29 is 23.8 Å². The molecule has 3 aromatic rings. The monoisotopic (exact) mass is 464 g/mol. The van der Waals surface area contributed by atoms with Crippen LogP contribution in [-0.2, 0) is 17.6 Å². The first-order valence-electron chi connectivity index (χ1n) is 11.6. The van der Waals surface area contributed by atoms with Crippen LogP contribution in [-0.4, -0.2) is 28.2 Å². The van der Waals surface area contributed by atoms with Crippen LogP contribution in [0.25, 0.3) is 11.1 Å². The smallest absolute Gasteiger partial charge is 0.306 e. The summed E-state index contributed by atoms with van der Waals surface area (Å²) in [6, 6.07) is 11.1. The van der Waals surface area contributed by atoms with Gasteiger partial charge in [0, 0.05) is 23.4 Å². The highest BCUT2D eigenvalue weighted by molar-refractivity contribution is 5.70. The minimum absolute atomic E-state index is 0.217. The third kappa shape index (κ3) is 5.90. The van der Waals surface area contributed by atoms with E-state index in [0.717, 1.165) is 41.6 Å². The van der Waals surface area contributed by atoms with Crippen LogP contribution in [0.5, 0.6) is 11.6 Å². The Morgan fingerprint density at radius 1 is 1.18 bits per heavy atom. The average molecular weight is 465 g/mol. The van der Waals surface area contributed by atoms with Gasteiger partial charge in [0.1, 0.15) is 17.7 Å². The number of nitrogens with zero attached hydrogens (tertiary/aromatic N) is 2. The summed E-state index contributed by atoms with van der Waals surface area (Å²) in [5.41, 5.74) is 3.80. The molecule has 0 saturated heterocycles. The van der Waals surface area contributed by atoms with Crippen LogP contribution in [0, 0.1) is 11.7 Å². The topological polar surface area (TPSA) is 81.5 Å². The Kier molecular flexibility index (Phi) is 7.40. The summed E-state index contributed by atoms with van der Waals surface area (Å²) in [6.07, 6.45) is 9.11. The number of ether oxygens (including phenoxy) is 2. The van der Waals surface area contributed by atoms with Gasteiger partial charge < -0.3 is 14.6 Å². The Balaban J connectivity index is 0.000000846. The Bertz CT molecular complexity index is 1150. The van der Waals surface area contributed by atoms with Crippen LogP contribution in [0.3, 0.4) is 0 Å². The fourth-order valence-corrected chi connectivity index (χ4v) is 3.70. The van der Waals surface area contributed by atoms with E-state index in [1.807, 2.05) is 30.3 Å². The zero-order valence-corrected chi connectivity index (χ0v) is 19.5. The fraction of sp³-hybridized carbons (Fsp3) is 0.370. The molecule has 1 fully saturated rings. The second-order valence-corrected chi connectivity index (χ2v) is 8.77. The molecule has 2 atom stereocenters. The van der Waals surface area contributed by atoms with E-state index in [1.54, 1.807) is 19.2 Å². The molecule has 5 rings (SSSR count). The normalized spacial score (nSPS) is 16.9. The summed E-state index contributed by atoms with van der Waals surface area (Å²) in [6.45, 7) is 1.69. The van der Waals surface area contributed by atoms with Crippen molar-refractivity contribution in [2.45, 2.75) is 51.6 Å². The summed E-state index contributed by atoms with van der Waals surface area (Å²) in [5.74, 6) is -0.618. The molecule has 34 heavy (non-hydrogen) atoms. The lowest BCUT2D eigenvalue weighted by Crippen LogP contribution is -2.17. The first kappa shape index (κ1) is 23.7. The third-order valence-corrected chi connectivity index (χ3v) is 5.86. The van der Waals surface area contributed by atoms with E-state index < -0.39 is 17.7 Å². The van der Waals surface area contributed by atoms with Gasteiger partial charge in [-0.1, -0.05) is 44.4 Å². The quantitative estimate of drug-likeness (QED) is 0.497. The van der Waals surface area contributed by atoms with Gasteiger partial charge in [0.25, 0.3) is 0 Å². The lowest BCUT2D eigenvalue weighted by molar-refractivity contribution is -0.141. The maximum atomic E-state index is 14.2. The van der Waals surface area contributed by atoms with Gasteiger partial charge in [-0.15, -0.1) is 0 Å². The highest BCUT2D eigenvalue weighted by Crippen LogP contribution is 2.36. The summed E-state index contributed by atoms with van der Waals surface area (Å²) in [7, 11) is 1.48. The Morgan fingerprint density at radius 2 is 1.97 bits per heavy atom. The fourth-order valence-electron chi connectivity index (χ4n) is 3.70. The number of rotatable bonds is 6. The van der Waals surface area contributed by atoms with Crippen LogP contribution in [0.1, 0.15) is 55.5 Å². The predicted molar refractivity (Wildman–Crippen MR) is 126 cm³/mol. The van der Waals surface area contributed by atoms with Gasteiger partial charge in [-0.05, 0) is 42.5 Å². The molecule has 0 bridgehead atoms. The van der Waals surface area contributed by atoms with Gasteiger partial charge in [-0.2, -0.15) is 0 Å². The first-order chi connectivity index (χ1) is 16.4. The molecule has 178 valence electrons. The molecule has 1 N–H and O–H groups in total. The van der Waals surface area contributed by atoms with Crippen molar-refractivity contribution in [3.8, 4) is 22.8 Å². The largest absolute Gasteiger partial charge is 0.484 e. The molecule has 0 spiro atoms. The Hall–Kier alpha value is -3.48. The number of hydrogen-bond acceptors (Lipinski definition) is 5. The molecule has 3 heterocycles. The zero-order valence-electron chi connectivity index (χ0n) is 19.5. The standard InChI is InChI=1S/C24H23FN2O4.C3H6/c1-14(24(28)29)9-15-3-4-16-6-8-21(31-22(16)10-15)20-7-5-17(12-26-20)18-11-23(30-2)27-13-19(18)25;1-2-3-1/h3-5,7,10-14,21H,6,8-9H2,1-2H3,(H,28,29);1-3H2. The number of carboxylic acids is 1. The molecule has 6 nitrogen and oxygen atoms in total. The zero-order chi connectivity index (χ0) is 24.1. The number of aliphatic carboxylic acids is 1. The molecule has 2 aromatic heterocycles. The molecular weight excluding hydrogens is 435 g/mol. The lowest BCUT2D eigenvalue weighted by atomic mass is 9.95. The van der Waals surface area contributed by atoms with Crippen molar-refractivity contribution in [3.63, 3.8) is 0 Å². The molecule has 7 heteroatoms. The van der Waals surface area contributed by atoms with Crippen molar-refractivity contribution in [1.82, 2.24) is 9.97 Å². The third-order valence-electron chi connectivity index (χ3n) is 5.86. The van der Waals surface area contributed by atoms with E-state index in [9.17, 15) is 9.18 Å². The van der Waals surface area contributed by atoms with Crippen LogP contribution in [0.15, 0.2) is 48.8 Å². The summed E-state index contributed by atoms with van der Waals surface area (Å²) < 4.78 is 25.5. The van der Waals surface area contributed by atoms with E-state index in [4.69, 9.17) is 14.6 Å². The van der Waals surface area contributed by atoms with Gasteiger partial charge >= 0.3 is 5.97 Å². The number of carbonyl (C=O) groups is 1. The van der Waals surface area contributed by atoms with Gasteiger partial charge in [0.05, 0.1) is 24.9 Å². The van der Waals surface area contributed by atoms with Gasteiger partial charge in [-0.25, -0.2) is 9.37 Å². The van der Waals surface area contributed by atoms with Gasteiger partial charge in [0.2, 0.25) is 5.88 Å². The number of halogens is 1. The summed E-state index contributed by atoms with van der Waals surface area (Å²) in [5, 5.41) is 9.15. The SMILES string of the molecule is C1CC1.COc1cc(-c2ccc(C3CCc4ccc(CC(C)C(=O)O)cc4O3)nc2)c(F)cn1. The number of hydrogen-bond donors (Lipinski definition) is 1. The highest BCUT2D eigenvalue weighted by atomic mass is 19.1. The molecular formula is C27H29FN2O4. The molecule has 1 aromatic carbocycles. The van der Waals surface area contributed by atoms with Crippen molar-refractivity contribution in [2.75, 3.05) is 7.11 Å². The Morgan fingerprint density at radius 3 is 2.62 bits per heavy atom. The lowest BCUT2D eigenvalue weighted by Gasteiger charge is -2.26. The number of carboxylic acid groups (broad SMARTS) is 1. The molecule has 0 amide bonds. The Labute approximate surface area is 198 Å². The number of aryl methyl sites for hydroxylation is 1.